The molecule has 1 unspecified atom stereocenters. The molecule has 1 fully saturated rings. The third kappa shape index (κ3) is 3.96. The Bertz CT molecular complexity index is 556. The maximum absolute atomic E-state index is 5.94. The number of anilines is 1. The van der Waals surface area contributed by atoms with E-state index in [9.17, 15) is 0 Å². The van der Waals surface area contributed by atoms with E-state index in [-0.39, 0.29) is 0 Å². The minimum absolute atomic E-state index is 0.706. The number of nitrogens with one attached hydrogen (secondary N) is 1. The van der Waals surface area contributed by atoms with Crippen LogP contribution in [0.1, 0.15) is 12.0 Å². The van der Waals surface area contributed by atoms with Crippen molar-refractivity contribution in [1.29, 1.82) is 0 Å². The van der Waals surface area contributed by atoms with E-state index < -0.39 is 0 Å². The number of hydrogen-bond acceptors (Lipinski definition) is 3. The van der Waals surface area contributed by atoms with Crippen LogP contribution in [0.4, 0.5) is 5.69 Å². The molecule has 4 heteroatoms. The summed E-state index contributed by atoms with van der Waals surface area (Å²) in [6, 6.07) is 12.2. The SMILES string of the molecule is Clc1ccc(N2CCC(CNCc3cccnc3)C2)cc1. The van der Waals surface area contributed by atoms with Gasteiger partial charge in [0.15, 0.2) is 0 Å². The van der Waals surface area contributed by atoms with Gasteiger partial charge in [0.1, 0.15) is 0 Å². The third-order valence-corrected chi connectivity index (χ3v) is 4.21. The quantitative estimate of drug-likeness (QED) is 0.918. The van der Waals surface area contributed by atoms with Crippen molar-refractivity contribution >= 4 is 17.3 Å². The standard InChI is InChI=1S/C17H20ClN3/c18-16-3-5-17(6-4-16)21-9-7-15(13-21)12-20-11-14-2-1-8-19-10-14/h1-6,8,10,15,20H,7,9,11-13H2. The maximum Gasteiger partial charge on any atom is 0.0407 e. The zero-order valence-corrected chi connectivity index (χ0v) is 12.8. The van der Waals surface area contributed by atoms with Crippen molar-refractivity contribution in [2.75, 3.05) is 24.5 Å². The molecule has 2 heterocycles. The van der Waals surface area contributed by atoms with Gasteiger partial charge in [0.05, 0.1) is 0 Å². The summed E-state index contributed by atoms with van der Waals surface area (Å²) in [6.07, 6.45) is 4.97. The lowest BCUT2D eigenvalue weighted by Crippen LogP contribution is -2.26. The first kappa shape index (κ1) is 14.4. The largest absolute Gasteiger partial charge is 0.371 e. The van der Waals surface area contributed by atoms with Gasteiger partial charge in [-0.15, -0.1) is 0 Å². The van der Waals surface area contributed by atoms with E-state index in [1.807, 2.05) is 30.6 Å². The van der Waals surface area contributed by atoms with Crippen molar-refractivity contribution in [3.63, 3.8) is 0 Å². The molecule has 3 nitrogen and oxygen atoms in total. The van der Waals surface area contributed by atoms with Gasteiger partial charge in [0.2, 0.25) is 0 Å². The number of nitrogens with zero attached hydrogens (tertiary/aromatic N) is 2. The molecule has 0 aliphatic carbocycles. The van der Waals surface area contributed by atoms with Gasteiger partial charge in [-0.1, -0.05) is 17.7 Å². The van der Waals surface area contributed by atoms with Crippen LogP contribution >= 0.6 is 11.6 Å². The fourth-order valence-electron chi connectivity index (χ4n) is 2.81. The van der Waals surface area contributed by atoms with Gasteiger partial charge in [-0.05, 0) is 48.2 Å². The molecule has 0 radical (unpaired) electrons. The number of halogens is 1. The van der Waals surface area contributed by atoms with Gasteiger partial charge in [-0.3, -0.25) is 4.98 Å². The monoisotopic (exact) mass is 301 g/mol. The van der Waals surface area contributed by atoms with E-state index in [2.05, 4.69) is 33.4 Å². The average Bonchev–Trinajstić information content (AvgIpc) is 2.98. The Morgan fingerprint density at radius 3 is 2.86 bits per heavy atom. The number of aromatic nitrogens is 1. The summed E-state index contributed by atoms with van der Waals surface area (Å²) in [5.74, 6) is 0.706. The molecule has 2 aromatic rings. The van der Waals surface area contributed by atoms with Gasteiger partial charge in [-0.2, -0.15) is 0 Å². The Labute approximate surface area is 131 Å². The highest BCUT2D eigenvalue weighted by molar-refractivity contribution is 6.30. The van der Waals surface area contributed by atoms with Crippen molar-refractivity contribution in [2.45, 2.75) is 13.0 Å². The maximum atomic E-state index is 5.94. The van der Waals surface area contributed by atoms with E-state index in [1.165, 1.54) is 17.7 Å². The second-order valence-electron chi connectivity index (χ2n) is 5.57. The molecule has 1 aromatic carbocycles. The molecule has 1 aliphatic rings. The first-order chi connectivity index (χ1) is 10.3. The Hall–Kier alpha value is -1.58. The van der Waals surface area contributed by atoms with E-state index in [1.54, 1.807) is 0 Å². The average molecular weight is 302 g/mol. The Morgan fingerprint density at radius 2 is 2.10 bits per heavy atom. The number of hydrogen-bond donors (Lipinski definition) is 1. The molecule has 1 aliphatic heterocycles. The highest BCUT2D eigenvalue weighted by Gasteiger charge is 2.22. The molecule has 0 saturated carbocycles. The van der Waals surface area contributed by atoms with Crippen LogP contribution in [0.5, 0.6) is 0 Å². The fraction of sp³-hybridized carbons (Fsp3) is 0.353. The fourth-order valence-corrected chi connectivity index (χ4v) is 2.94. The van der Waals surface area contributed by atoms with Gasteiger partial charge >= 0.3 is 0 Å². The molecular weight excluding hydrogens is 282 g/mol. The Kier molecular flexibility index (Phi) is 4.73. The van der Waals surface area contributed by atoms with Gasteiger partial charge in [-0.25, -0.2) is 0 Å². The van der Waals surface area contributed by atoms with Crippen LogP contribution in [-0.2, 0) is 6.54 Å². The van der Waals surface area contributed by atoms with E-state index in [0.717, 1.165) is 31.2 Å². The number of benzene rings is 1. The Morgan fingerprint density at radius 1 is 1.24 bits per heavy atom. The molecule has 1 atom stereocenters. The molecule has 0 amide bonds. The summed E-state index contributed by atoms with van der Waals surface area (Å²) in [6.45, 7) is 4.19. The smallest absolute Gasteiger partial charge is 0.0407 e. The lowest BCUT2D eigenvalue weighted by atomic mass is 10.1. The summed E-state index contributed by atoms with van der Waals surface area (Å²) in [4.78, 5) is 6.57. The molecule has 0 spiro atoms. The summed E-state index contributed by atoms with van der Waals surface area (Å²) >= 11 is 5.94. The normalized spacial score (nSPS) is 18.1. The predicted molar refractivity (Wildman–Crippen MR) is 87.7 cm³/mol. The van der Waals surface area contributed by atoms with Crippen LogP contribution in [0.25, 0.3) is 0 Å². The van der Waals surface area contributed by atoms with Crippen LogP contribution < -0.4 is 10.2 Å². The van der Waals surface area contributed by atoms with E-state index >= 15 is 0 Å². The molecule has 1 saturated heterocycles. The van der Waals surface area contributed by atoms with Crippen molar-refractivity contribution < 1.29 is 0 Å². The topological polar surface area (TPSA) is 28.2 Å². The van der Waals surface area contributed by atoms with Gasteiger partial charge in [0, 0.05) is 49.3 Å². The summed E-state index contributed by atoms with van der Waals surface area (Å²) in [5.41, 5.74) is 2.51. The van der Waals surface area contributed by atoms with Gasteiger partial charge < -0.3 is 10.2 Å². The second-order valence-corrected chi connectivity index (χ2v) is 6.01. The van der Waals surface area contributed by atoms with Crippen LogP contribution in [0, 0.1) is 5.92 Å². The zero-order chi connectivity index (χ0) is 14.5. The molecule has 3 rings (SSSR count). The van der Waals surface area contributed by atoms with Crippen LogP contribution in [-0.4, -0.2) is 24.6 Å². The predicted octanol–water partition coefficient (Wildman–Crippen LogP) is 3.35. The number of rotatable bonds is 5. The van der Waals surface area contributed by atoms with E-state index in [0.29, 0.717) is 5.92 Å². The summed E-state index contributed by atoms with van der Waals surface area (Å²) in [5, 5.41) is 4.34. The van der Waals surface area contributed by atoms with Crippen LogP contribution in [0.2, 0.25) is 5.02 Å². The highest BCUT2D eigenvalue weighted by atomic mass is 35.5. The molecule has 110 valence electrons. The van der Waals surface area contributed by atoms with Crippen molar-refractivity contribution in [2.24, 2.45) is 5.92 Å². The minimum Gasteiger partial charge on any atom is -0.371 e. The lowest BCUT2D eigenvalue weighted by molar-refractivity contribution is 0.516. The molecular formula is C17H20ClN3. The minimum atomic E-state index is 0.706. The second kappa shape index (κ2) is 6.92. The van der Waals surface area contributed by atoms with Crippen molar-refractivity contribution in [1.82, 2.24) is 10.3 Å². The van der Waals surface area contributed by atoms with Crippen molar-refractivity contribution in [3.8, 4) is 0 Å². The lowest BCUT2D eigenvalue weighted by Gasteiger charge is -2.19. The van der Waals surface area contributed by atoms with Gasteiger partial charge in [0.25, 0.3) is 0 Å². The Balaban J connectivity index is 1.45. The summed E-state index contributed by atoms with van der Waals surface area (Å²) in [7, 11) is 0. The highest BCUT2D eigenvalue weighted by Crippen LogP contribution is 2.24. The number of pyridine rings is 1. The van der Waals surface area contributed by atoms with E-state index in [4.69, 9.17) is 11.6 Å². The van der Waals surface area contributed by atoms with Crippen molar-refractivity contribution in [3.05, 3.63) is 59.4 Å². The third-order valence-electron chi connectivity index (χ3n) is 3.96. The molecule has 1 N–H and O–H groups in total. The first-order valence-electron chi connectivity index (χ1n) is 7.41. The molecule has 1 aromatic heterocycles. The first-order valence-corrected chi connectivity index (χ1v) is 7.79. The zero-order valence-electron chi connectivity index (χ0n) is 12.0. The van der Waals surface area contributed by atoms with Crippen LogP contribution in [0.3, 0.4) is 0 Å². The molecule has 21 heavy (non-hydrogen) atoms. The van der Waals surface area contributed by atoms with Crippen LogP contribution in [0.15, 0.2) is 48.8 Å². The molecule has 0 bridgehead atoms. The summed E-state index contributed by atoms with van der Waals surface area (Å²) < 4.78 is 0.